The molecule has 0 radical (unpaired) electrons. The van der Waals surface area contributed by atoms with Gasteiger partial charge in [0, 0.05) is 10.6 Å². The standard InChI is InChI=1S/C23H27N3O3S2/c1-5-18-16-10-8-7-9-15(16)17(11-24)21(25-18)30-12-19(27)26-22-20(23(28)29-6-2)13(3)14(4)31-22/h5-10,12H2,1-4H3,(H,26,27). The summed E-state index contributed by atoms with van der Waals surface area (Å²) in [5.74, 6) is -0.553. The molecule has 0 saturated carbocycles. The predicted octanol–water partition coefficient (Wildman–Crippen LogP) is 4.98. The van der Waals surface area contributed by atoms with Crippen LogP contribution in [0.2, 0.25) is 0 Å². The molecule has 1 amide bonds. The number of amides is 1. The normalized spacial score (nSPS) is 12.7. The van der Waals surface area contributed by atoms with Crippen LogP contribution in [0, 0.1) is 25.2 Å². The van der Waals surface area contributed by atoms with Gasteiger partial charge in [-0.05, 0) is 69.6 Å². The van der Waals surface area contributed by atoms with Crippen molar-refractivity contribution < 1.29 is 14.3 Å². The number of carbonyl (C=O) groups excluding carboxylic acids is 2. The third-order valence-corrected chi connectivity index (χ3v) is 7.57. The summed E-state index contributed by atoms with van der Waals surface area (Å²) in [6, 6.07) is 2.32. The van der Waals surface area contributed by atoms with Crippen LogP contribution in [0.4, 0.5) is 5.00 Å². The minimum atomic E-state index is -0.428. The number of hydrogen-bond donors (Lipinski definition) is 1. The molecule has 164 valence electrons. The number of thioether (sulfide) groups is 1. The number of nitrogens with zero attached hydrogens (tertiary/aromatic N) is 2. The van der Waals surface area contributed by atoms with Crippen molar-refractivity contribution in [2.75, 3.05) is 17.7 Å². The number of aromatic nitrogens is 1. The van der Waals surface area contributed by atoms with Crippen molar-refractivity contribution in [2.45, 2.75) is 64.8 Å². The lowest BCUT2D eigenvalue weighted by Crippen LogP contribution is -2.17. The molecule has 8 heteroatoms. The second kappa shape index (κ2) is 10.3. The summed E-state index contributed by atoms with van der Waals surface area (Å²) in [6.45, 7) is 7.87. The highest BCUT2D eigenvalue weighted by atomic mass is 32.2. The number of anilines is 1. The molecule has 3 rings (SSSR count). The van der Waals surface area contributed by atoms with Gasteiger partial charge in [0.25, 0.3) is 0 Å². The third kappa shape index (κ3) is 4.94. The lowest BCUT2D eigenvalue weighted by Gasteiger charge is -2.21. The van der Waals surface area contributed by atoms with Gasteiger partial charge in [-0.3, -0.25) is 4.79 Å². The molecule has 0 spiro atoms. The van der Waals surface area contributed by atoms with E-state index in [1.54, 1.807) is 6.92 Å². The maximum atomic E-state index is 12.7. The Hall–Kier alpha value is -2.37. The summed E-state index contributed by atoms with van der Waals surface area (Å²) in [4.78, 5) is 30.7. The van der Waals surface area contributed by atoms with Gasteiger partial charge in [-0.15, -0.1) is 11.3 Å². The highest BCUT2D eigenvalue weighted by Gasteiger charge is 2.24. The molecule has 0 saturated heterocycles. The molecule has 0 aromatic carbocycles. The number of nitrogens with one attached hydrogen (secondary N) is 1. The van der Waals surface area contributed by atoms with Crippen LogP contribution in [0.5, 0.6) is 0 Å². The number of carbonyl (C=O) groups is 2. The highest BCUT2D eigenvalue weighted by molar-refractivity contribution is 8.00. The van der Waals surface area contributed by atoms with Crippen molar-refractivity contribution in [3.05, 3.63) is 38.4 Å². The first-order valence-corrected chi connectivity index (χ1v) is 12.4. The van der Waals surface area contributed by atoms with Gasteiger partial charge < -0.3 is 10.1 Å². The van der Waals surface area contributed by atoms with Gasteiger partial charge in [-0.25, -0.2) is 9.78 Å². The number of ether oxygens (including phenoxy) is 1. The van der Waals surface area contributed by atoms with Gasteiger partial charge in [0.05, 0.1) is 23.5 Å². The number of esters is 1. The summed E-state index contributed by atoms with van der Waals surface area (Å²) in [6.07, 6.45) is 4.88. The van der Waals surface area contributed by atoms with E-state index in [2.05, 4.69) is 18.3 Å². The molecule has 0 bridgehead atoms. The Morgan fingerprint density at radius 1 is 1.23 bits per heavy atom. The third-order valence-electron chi connectivity index (χ3n) is 5.47. The minimum Gasteiger partial charge on any atom is -0.462 e. The van der Waals surface area contributed by atoms with Gasteiger partial charge >= 0.3 is 5.97 Å². The molecule has 2 aromatic heterocycles. The van der Waals surface area contributed by atoms with Crippen LogP contribution >= 0.6 is 23.1 Å². The lowest BCUT2D eigenvalue weighted by molar-refractivity contribution is -0.113. The quantitative estimate of drug-likeness (QED) is 0.466. The van der Waals surface area contributed by atoms with Crippen LogP contribution in [0.3, 0.4) is 0 Å². The Morgan fingerprint density at radius 3 is 2.58 bits per heavy atom. The van der Waals surface area contributed by atoms with Gasteiger partial charge in [-0.2, -0.15) is 5.26 Å². The number of fused-ring (bicyclic) bond motifs is 1. The minimum absolute atomic E-state index is 0.113. The molecule has 0 unspecified atom stereocenters. The van der Waals surface area contributed by atoms with E-state index in [0.29, 0.717) is 21.2 Å². The summed E-state index contributed by atoms with van der Waals surface area (Å²) < 4.78 is 5.15. The Balaban J connectivity index is 1.79. The van der Waals surface area contributed by atoms with Gasteiger partial charge in [0.15, 0.2) is 0 Å². The fourth-order valence-electron chi connectivity index (χ4n) is 3.85. The maximum absolute atomic E-state index is 12.7. The number of nitriles is 1. The number of rotatable bonds is 7. The van der Waals surface area contributed by atoms with Gasteiger partial charge in [0.2, 0.25) is 5.91 Å². The highest BCUT2D eigenvalue weighted by Crippen LogP contribution is 2.35. The summed E-state index contributed by atoms with van der Waals surface area (Å²) in [5.41, 5.74) is 5.22. The van der Waals surface area contributed by atoms with E-state index in [-0.39, 0.29) is 18.3 Å². The fraction of sp³-hybridized carbons (Fsp3) is 0.478. The predicted molar refractivity (Wildman–Crippen MR) is 124 cm³/mol. The molecule has 0 aliphatic heterocycles. The summed E-state index contributed by atoms with van der Waals surface area (Å²) >= 11 is 2.65. The number of thiophene rings is 1. The molecular weight excluding hydrogens is 430 g/mol. The molecule has 2 aromatic rings. The van der Waals surface area contributed by atoms with Crippen molar-refractivity contribution in [3.8, 4) is 6.07 Å². The van der Waals surface area contributed by atoms with Crippen LogP contribution in [0.15, 0.2) is 5.03 Å². The van der Waals surface area contributed by atoms with Crippen molar-refractivity contribution in [2.24, 2.45) is 0 Å². The van der Waals surface area contributed by atoms with Gasteiger partial charge in [0.1, 0.15) is 16.1 Å². The van der Waals surface area contributed by atoms with E-state index in [0.717, 1.165) is 53.8 Å². The number of hydrogen-bond acceptors (Lipinski definition) is 7. The molecule has 1 N–H and O–H groups in total. The number of pyridine rings is 1. The summed E-state index contributed by atoms with van der Waals surface area (Å²) in [5, 5.41) is 13.8. The first kappa shape index (κ1) is 23.3. The molecule has 2 heterocycles. The van der Waals surface area contributed by atoms with E-state index in [1.807, 2.05) is 13.8 Å². The molecule has 6 nitrogen and oxygen atoms in total. The van der Waals surface area contributed by atoms with Crippen LogP contribution in [0.25, 0.3) is 0 Å². The zero-order chi connectivity index (χ0) is 22.5. The monoisotopic (exact) mass is 457 g/mol. The van der Waals surface area contributed by atoms with Crippen LogP contribution < -0.4 is 5.32 Å². The zero-order valence-electron chi connectivity index (χ0n) is 18.4. The molecule has 0 atom stereocenters. The Bertz CT molecular complexity index is 1050. The van der Waals surface area contributed by atoms with Crippen molar-refractivity contribution in [1.29, 1.82) is 5.26 Å². The van der Waals surface area contributed by atoms with Crippen LogP contribution in [0.1, 0.15) is 69.9 Å². The Kier molecular flexibility index (Phi) is 7.74. The average Bonchev–Trinajstić information content (AvgIpc) is 3.04. The van der Waals surface area contributed by atoms with Crippen LogP contribution in [-0.2, 0) is 28.8 Å². The van der Waals surface area contributed by atoms with E-state index in [9.17, 15) is 14.9 Å². The first-order valence-electron chi connectivity index (χ1n) is 10.6. The van der Waals surface area contributed by atoms with Crippen molar-refractivity contribution in [3.63, 3.8) is 0 Å². The summed E-state index contributed by atoms with van der Waals surface area (Å²) in [7, 11) is 0. The molecule has 1 aliphatic carbocycles. The Labute approximate surface area is 191 Å². The van der Waals surface area contributed by atoms with Crippen molar-refractivity contribution in [1.82, 2.24) is 4.98 Å². The second-order valence-corrected chi connectivity index (χ2v) is 9.60. The molecule has 0 fully saturated rings. The van der Waals surface area contributed by atoms with E-state index in [4.69, 9.17) is 9.72 Å². The molecule has 1 aliphatic rings. The molecular formula is C23H27N3O3S2. The zero-order valence-corrected chi connectivity index (χ0v) is 20.0. The van der Waals surface area contributed by atoms with Crippen molar-refractivity contribution >= 4 is 40.0 Å². The topological polar surface area (TPSA) is 92.1 Å². The first-order chi connectivity index (χ1) is 14.9. The molecule has 31 heavy (non-hydrogen) atoms. The number of aryl methyl sites for hydroxylation is 2. The fourth-order valence-corrected chi connectivity index (χ4v) is 5.74. The average molecular weight is 458 g/mol. The van der Waals surface area contributed by atoms with Gasteiger partial charge in [-0.1, -0.05) is 18.7 Å². The smallest absolute Gasteiger partial charge is 0.341 e. The second-order valence-electron chi connectivity index (χ2n) is 7.41. The van der Waals surface area contributed by atoms with E-state index >= 15 is 0 Å². The van der Waals surface area contributed by atoms with Crippen LogP contribution in [-0.4, -0.2) is 29.2 Å². The van der Waals surface area contributed by atoms with E-state index < -0.39 is 5.97 Å². The SMILES string of the molecule is CCOC(=O)c1c(NC(=O)CSc2nc(CC)c3c(c2C#N)CCCC3)sc(C)c1C. The Morgan fingerprint density at radius 2 is 1.94 bits per heavy atom. The van der Waals surface area contributed by atoms with E-state index in [1.165, 1.54) is 28.7 Å². The lowest BCUT2D eigenvalue weighted by atomic mass is 9.87. The maximum Gasteiger partial charge on any atom is 0.341 e. The largest absolute Gasteiger partial charge is 0.462 e.